The molecule has 1 amide bonds. The zero-order chi connectivity index (χ0) is 13.3. The summed E-state index contributed by atoms with van der Waals surface area (Å²) in [6.45, 7) is 4.39. The van der Waals surface area contributed by atoms with Gasteiger partial charge in [-0.25, -0.2) is 4.39 Å². The topological polar surface area (TPSA) is 29.5 Å². The third kappa shape index (κ3) is 2.38. The lowest BCUT2D eigenvalue weighted by Crippen LogP contribution is -2.41. The van der Waals surface area contributed by atoms with Gasteiger partial charge in [-0.05, 0) is 38.0 Å². The summed E-state index contributed by atoms with van der Waals surface area (Å²) in [7, 11) is 1.71. The monoisotopic (exact) mass is 251 g/mol. The Balaban J connectivity index is 2.20. The van der Waals surface area contributed by atoms with Crippen LogP contribution >= 0.6 is 0 Å². The molecule has 0 aliphatic carbocycles. The van der Waals surface area contributed by atoms with E-state index in [1.54, 1.807) is 31.0 Å². The second kappa shape index (κ2) is 5.06. The first-order valence-electron chi connectivity index (χ1n) is 6.15. The molecule has 0 saturated carbocycles. The Bertz CT molecular complexity index is 461. The Labute approximate surface area is 107 Å². The third-order valence-electron chi connectivity index (χ3n) is 3.51. The normalized spacial score (nSPS) is 23.1. The van der Waals surface area contributed by atoms with Crippen LogP contribution < -0.4 is 0 Å². The maximum atomic E-state index is 13.8. The van der Waals surface area contributed by atoms with Crippen LogP contribution in [0.1, 0.15) is 29.3 Å². The minimum Gasteiger partial charge on any atom is -0.376 e. The van der Waals surface area contributed by atoms with Crippen molar-refractivity contribution >= 4 is 5.91 Å². The number of hydrogen-bond acceptors (Lipinski definition) is 2. The van der Waals surface area contributed by atoms with Crippen LogP contribution in [0.3, 0.4) is 0 Å². The maximum absolute atomic E-state index is 13.8. The highest BCUT2D eigenvalue weighted by Crippen LogP contribution is 2.21. The minimum absolute atomic E-state index is 0.00691. The molecule has 1 saturated heterocycles. The number of ether oxygens (including phenoxy) is 1. The van der Waals surface area contributed by atoms with E-state index in [1.165, 1.54) is 6.07 Å². The van der Waals surface area contributed by atoms with Gasteiger partial charge in [-0.2, -0.15) is 0 Å². The third-order valence-corrected chi connectivity index (χ3v) is 3.51. The van der Waals surface area contributed by atoms with Crippen LogP contribution in [0, 0.1) is 12.7 Å². The van der Waals surface area contributed by atoms with E-state index in [0.29, 0.717) is 6.61 Å². The number of carbonyl (C=O) groups is 1. The van der Waals surface area contributed by atoms with E-state index in [0.717, 1.165) is 12.0 Å². The molecule has 0 spiro atoms. The number of rotatable bonds is 2. The molecule has 0 N–H and O–H groups in total. The molecule has 0 aromatic heterocycles. The molecule has 18 heavy (non-hydrogen) atoms. The minimum atomic E-state index is -0.460. The Kier molecular flexibility index (Phi) is 3.66. The van der Waals surface area contributed by atoms with Gasteiger partial charge in [0.1, 0.15) is 5.82 Å². The van der Waals surface area contributed by atoms with Crippen LogP contribution in [0.25, 0.3) is 0 Å². The average molecular weight is 251 g/mol. The summed E-state index contributed by atoms with van der Waals surface area (Å²) in [6.07, 6.45) is 0.809. The summed E-state index contributed by atoms with van der Waals surface area (Å²) >= 11 is 0. The number of nitrogens with zero attached hydrogens (tertiary/aromatic N) is 1. The lowest BCUT2D eigenvalue weighted by atomic mass is 10.1. The number of halogens is 1. The van der Waals surface area contributed by atoms with Crippen LogP contribution in [0.5, 0.6) is 0 Å². The average Bonchev–Trinajstić information content (AvgIpc) is 2.74. The largest absolute Gasteiger partial charge is 0.376 e. The van der Waals surface area contributed by atoms with Crippen LogP contribution in [0.4, 0.5) is 4.39 Å². The fourth-order valence-electron chi connectivity index (χ4n) is 2.36. The van der Waals surface area contributed by atoms with Crippen molar-refractivity contribution in [3.8, 4) is 0 Å². The van der Waals surface area contributed by atoms with Crippen LogP contribution in [-0.2, 0) is 4.74 Å². The zero-order valence-corrected chi connectivity index (χ0v) is 10.9. The van der Waals surface area contributed by atoms with E-state index in [9.17, 15) is 9.18 Å². The maximum Gasteiger partial charge on any atom is 0.256 e. The first kappa shape index (κ1) is 13.0. The van der Waals surface area contributed by atoms with Gasteiger partial charge in [0.25, 0.3) is 5.91 Å². The lowest BCUT2D eigenvalue weighted by Gasteiger charge is -2.27. The second-order valence-corrected chi connectivity index (χ2v) is 4.83. The van der Waals surface area contributed by atoms with Crippen molar-refractivity contribution in [3.63, 3.8) is 0 Å². The Hall–Kier alpha value is -1.42. The molecule has 1 aliphatic rings. The van der Waals surface area contributed by atoms with E-state index in [4.69, 9.17) is 4.74 Å². The summed E-state index contributed by atoms with van der Waals surface area (Å²) in [5.74, 6) is -0.742. The van der Waals surface area contributed by atoms with Crippen LogP contribution in [0.15, 0.2) is 18.2 Å². The van der Waals surface area contributed by atoms with Crippen molar-refractivity contribution in [1.29, 1.82) is 0 Å². The van der Waals surface area contributed by atoms with Gasteiger partial charge in [-0.15, -0.1) is 0 Å². The van der Waals surface area contributed by atoms with Crippen molar-refractivity contribution < 1.29 is 13.9 Å². The molecule has 98 valence electrons. The van der Waals surface area contributed by atoms with Crippen LogP contribution in [0.2, 0.25) is 0 Å². The van der Waals surface area contributed by atoms with Crippen molar-refractivity contribution in [2.45, 2.75) is 32.4 Å². The predicted molar refractivity (Wildman–Crippen MR) is 67.0 cm³/mol. The lowest BCUT2D eigenvalue weighted by molar-refractivity contribution is 0.0571. The van der Waals surface area contributed by atoms with E-state index in [2.05, 4.69) is 0 Å². The van der Waals surface area contributed by atoms with Gasteiger partial charge in [0.2, 0.25) is 0 Å². The predicted octanol–water partition coefficient (Wildman–Crippen LogP) is 2.38. The number of aryl methyl sites for hydroxylation is 1. The van der Waals surface area contributed by atoms with Gasteiger partial charge >= 0.3 is 0 Å². The zero-order valence-electron chi connectivity index (χ0n) is 10.9. The van der Waals surface area contributed by atoms with E-state index >= 15 is 0 Å². The summed E-state index contributed by atoms with van der Waals surface area (Å²) in [5, 5.41) is 0. The molecule has 2 rings (SSSR count). The van der Waals surface area contributed by atoms with Gasteiger partial charge in [-0.1, -0.05) is 6.07 Å². The molecule has 2 unspecified atom stereocenters. The van der Waals surface area contributed by atoms with E-state index in [-0.39, 0.29) is 23.6 Å². The number of likely N-dealkylation sites (N-methyl/N-ethyl adjacent to an activating group) is 1. The molecule has 1 aromatic rings. The van der Waals surface area contributed by atoms with Crippen molar-refractivity contribution in [3.05, 3.63) is 35.1 Å². The van der Waals surface area contributed by atoms with Crippen molar-refractivity contribution in [2.24, 2.45) is 0 Å². The Morgan fingerprint density at radius 1 is 1.50 bits per heavy atom. The summed E-state index contributed by atoms with van der Waals surface area (Å²) in [6, 6.07) is 4.71. The summed E-state index contributed by atoms with van der Waals surface area (Å²) in [5.41, 5.74) is 0.937. The van der Waals surface area contributed by atoms with Crippen molar-refractivity contribution in [2.75, 3.05) is 13.7 Å². The SMILES string of the molecule is Cc1ccc(C(=O)N(C)C2CCOC2C)c(F)c1. The first-order chi connectivity index (χ1) is 8.50. The van der Waals surface area contributed by atoms with Crippen molar-refractivity contribution in [1.82, 2.24) is 4.90 Å². The quantitative estimate of drug-likeness (QED) is 0.807. The molecular weight excluding hydrogens is 233 g/mol. The second-order valence-electron chi connectivity index (χ2n) is 4.83. The number of carbonyl (C=O) groups excluding carboxylic acids is 1. The molecule has 3 nitrogen and oxygen atoms in total. The highest BCUT2D eigenvalue weighted by molar-refractivity contribution is 5.94. The van der Waals surface area contributed by atoms with E-state index < -0.39 is 5.82 Å². The molecule has 2 atom stereocenters. The molecule has 0 bridgehead atoms. The molecular formula is C14H18FNO2. The Morgan fingerprint density at radius 2 is 2.22 bits per heavy atom. The smallest absolute Gasteiger partial charge is 0.256 e. The van der Waals surface area contributed by atoms with Gasteiger partial charge in [-0.3, -0.25) is 4.79 Å². The molecule has 1 heterocycles. The highest BCUT2D eigenvalue weighted by Gasteiger charge is 2.31. The van der Waals surface area contributed by atoms with Gasteiger partial charge in [0.15, 0.2) is 0 Å². The number of benzene rings is 1. The van der Waals surface area contributed by atoms with Gasteiger partial charge in [0, 0.05) is 13.7 Å². The standard InChI is InChI=1S/C14H18FNO2/c1-9-4-5-11(12(15)8-9)14(17)16(3)13-6-7-18-10(13)2/h4-5,8,10,13H,6-7H2,1-3H3. The molecule has 0 radical (unpaired) electrons. The number of amides is 1. The highest BCUT2D eigenvalue weighted by atomic mass is 19.1. The van der Waals surface area contributed by atoms with Gasteiger partial charge < -0.3 is 9.64 Å². The number of hydrogen-bond donors (Lipinski definition) is 0. The molecule has 4 heteroatoms. The Morgan fingerprint density at radius 3 is 2.78 bits per heavy atom. The summed E-state index contributed by atoms with van der Waals surface area (Å²) < 4.78 is 19.2. The van der Waals surface area contributed by atoms with E-state index in [1.807, 2.05) is 6.92 Å². The fraction of sp³-hybridized carbons (Fsp3) is 0.500. The molecule has 1 aromatic carbocycles. The first-order valence-corrected chi connectivity index (χ1v) is 6.15. The molecule has 1 aliphatic heterocycles. The fourth-order valence-corrected chi connectivity index (χ4v) is 2.36. The summed E-state index contributed by atoms with van der Waals surface area (Å²) in [4.78, 5) is 13.8. The molecule has 1 fully saturated rings. The van der Waals surface area contributed by atoms with Crippen LogP contribution in [-0.4, -0.2) is 36.6 Å². The van der Waals surface area contributed by atoms with Gasteiger partial charge in [0.05, 0.1) is 17.7 Å².